The third-order valence-electron chi connectivity index (χ3n) is 3.85. The third-order valence-corrected chi connectivity index (χ3v) is 4.09. The lowest BCUT2D eigenvalue weighted by molar-refractivity contribution is 0.100. The Balaban J connectivity index is 1.89. The molecule has 0 aliphatic heterocycles. The highest BCUT2D eigenvalue weighted by Gasteiger charge is 2.18. The first-order chi connectivity index (χ1) is 13.0. The number of rotatable bonds is 6. The molecule has 3 rings (SSSR count). The molecular formula is C19H16ClFN4O2. The van der Waals surface area contributed by atoms with E-state index >= 15 is 0 Å². The number of carbonyl (C=O) groups excluding carboxylic acids is 1. The maximum atomic E-state index is 13.8. The molecule has 0 radical (unpaired) electrons. The molecule has 6 nitrogen and oxygen atoms in total. The number of methoxy groups -OCH3 is 1. The topological polar surface area (TPSA) is 93.4 Å². The van der Waals surface area contributed by atoms with E-state index in [0.29, 0.717) is 22.7 Å². The van der Waals surface area contributed by atoms with E-state index in [1.165, 1.54) is 25.5 Å². The van der Waals surface area contributed by atoms with Gasteiger partial charge in [-0.1, -0.05) is 23.7 Å². The molecule has 0 fully saturated rings. The number of halogens is 2. The van der Waals surface area contributed by atoms with Gasteiger partial charge in [-0.2, -0.15) is 5.10 Å². The fraction of sp³-hybridized carbons (Fsp3) is 0.105. The Bertz CT molecular complexity index is 1020. The molecule has 3 N–H and O–H groups in total. The Morgan fingerprint density at radius 3 is 2.85 bits per heavy atom. The number of nitrogens with one attached hydrogen (secondary N) is 1. The first-order valence-corrected chi connectivity index (χ1v) is 8.35. The molecule has 1 amide bonds. The van der Waals surface area contributed by atoms with Crippen LogP contribution in [-0.2, 0) is 6.42 Å². The molecule has 3 aromatic rings. The molecule has 0 bridgehead atoms. The second kappa shape index (κ2) is 8.01. The van der Waals surface area contributed by atoms with Gasteiger partial charge in [-0.3, -0.25) is 9.89 Å². The first kappa shape index (κ1) is 18.6. The smallest absolute Gasteiger partial charge is 0.254 e. The molecule has 0 spiro atoms. The molecule has 138 valence electrons. The zero-order valence-corrected chi connectivity index (χ0v) is 15.1. The van der Waals surface area contributed by atoms with E-state index in [1.54, 1.807) is 18.2 Å². The zero-order valence-electron chi connectivity index (χ0n) is 14.4. The summed E-state index contributed by atoms with van der Waals surface area (Å²) in [5.41, 5.74) is 7.58. The number of hydrogen-bond acceptors (Lipinski definition) is 4. The number of aromatic nitrogens is 2. The minimum Gasteiger partial charge on any atom is -0.494 e. The number of nitrogens with two attached hydrogens (primary N) is 1. The van der Waals surface area contributed by atoms with E-state index < -0.39 is 11.7 Å². The molecule has 27 heavy (non-hydrogen) atoms. The molecule has 0 aliphatic carbocycles. The second-order valence-electron chi connectivity index (χ2n) is 5.72. The number of benzene rings is 2. The largest absolute Gasteiger partial charge is 0.494 e. The second-order valence-corrected chi connectivity index (χ2v) is 6.16. The molecule has 2 aromatic carbocycles. The number of amides is 1. The van der Waals surface area contributed by atoms with Crippen LogP contribution in [0.25, 0.3) is 0 Å². The van der Waals surface area contributed by atoms with Gasteiger partial charge >= 0.3 is 0 Å². The van der Waals surface area contributed by atoms with Gasteiger partial charge in [0.15, 0.2) is 17.4 Å². The zero-order chi connectivity index (χ0) is 19.4. The van der Waals surface area contributed by atoms with Crippen LogP contribution in [0.2, 0.25) is 5.02 Å². The fourth-order valence-corrected chi connectivity index (χ4v) is 2.81. The normalized spacial score (nSPS) is 11.1. The van der Waals surface area contributed by atoms with Crippen LogP contribution >= 0.6 is 11.6 Å². The SMILES string of the molecule is COc1ccc(C=Nc2n[nH]c(Cc3cccc(Cl)c3)c2C(N)=O)cc1F. The molecule has 0 saturated heterocycles. The highest BCUT2D eigenvalue weighted by atomic mass is 35.5. The van der Waals surface area contributed by atoms with Crippen molar-refractivity contribution < 1.29 is 13.9 Å². The van der Waals surface area contributed by atoms with Crippen LogP contribution in [0, 0.1) is 5.82 Å². The lowest BCUT2D eigenvalue weighted by atomic mass is 10.1. The molecule has 0 aliphatic rings. The van der Waals surface area contributed by atoms with E-state index in [0.717, 1.165) is 5.56 Å². The van der Waals surface area contributed by atoms with Crippen LogP contribution in [0.5, 0.6) is 5.75 Å². The van der Waals surface area contributed by atoms with Gasteiger partial charge in [0.05, 0.1) is 12.8 Å². The molecular weight excluding hydrogens is 371 g/mol. The highest BCUT2D eigenvalue weighted by Crippen LogP contribution is 2.23. The summed E-state index contributed by atoms with van der Waals surface area (Å²) in [7, 11) is 1.39. The average Bonchev–Trinajstić information content (AvgIpc) is 3.03. The number of hydrogen-bond donors (Lipinski definition) is 2. The number of aliphatic imine (C=N–C) groups is 1. The Labute approximate surface area is 159 Å². The van der Waals surface area contributed by atoms with Gasteiger partial charge < -0.3 is 10.5 Å². The van der Waals surface area contributed by atoms with Crippen molar-refractivity contribution in [1.29, 1.82) is 0 Å². The van der Waals surface area contributed by atoms with Crippen LogP contribution < -0.4 is 10.5 Å². The average molecular weight is 387 g/mol. The van der Waals surface area contributed by atoms with E-state index in [-0.39, 0.29) is 17.1 Å². The first-order valence-electron chi connectivity index (χ1n) is 7.97. The van der Waals surface area contributed by atoms with Gasteiger partial charge in [0, 0.05) is 17.7 Å². The Morgan fingerprint density at radius 1 is 1.37 bits per heavy atom. The summed E-state index contributed by atoms with van der Waals surface area (Å²) in [6, 6.07) is 11.6. The predicted molar refractivity (Wildman–Crippen MR) is 102 cm³/mol. The number of aromatic amines is 1. The number of primary amides is 1. The van der Waals surface area contributed by atoms with Gasteiger partial charge in [-0.05, 0) is 41.5 Å². The summed E-state index contributed by atoms with van der Waals surface area (Å²) in [6.07, 6.45) is 1.78. The van der Waals surface area contributed by atoms with Crippen molar-refractivity contribution >= 4 is 29.5 Å². The van der Waals surface area contributed by atoms with Gasteiger partial charge in [-0.15, -0.1) is 0 Å². The summed E-state index contributed by atoms with van der Waals surface area (Å²) < 4.78 is 18.6. The van der Waals surface area contributed by atoms with Gasteiger partial charge in [0.2, 0.25) is 0 Å². The van der Waals surface area contributed by atoms with Crippen LogP contribution in [0.3, 0.4) is 0 Å². The summed E-state index contributed by atoms with van der Waals surface area (Å²) in [5.74, 6) is -0.904. The Hall–Kier alpha value is -3.19. The van der Waals surface area contributed by atoms with Crippen LogP contribution in [0.4, 0.5) is 10.2 Å². The number of carbonyl (C=O) groups is 1. The van der Waals surface area contributed by atoms with Gasteiger partial charge in [-0.25, -0.2) is 9.38 Å². The minimum absolute atomic E-state index is 0.133. The molecule has 1 heterocycles. The van der Waals surface area contributed by atoms with E-state index in [9.17, 15) is 9.18 Å². The molecule has 0 saturated carbocycles. The van der Waals surface area contributed by atoms with Crippen molar-refractivity contribution in [2.45, 2.75) is 6.42 Å². The summed E-state index contributed by atoms with van der Waals surface area (Å²) in [4.78, 5) is 16.1. The van der Waals surface area contributed by atoms with Crippen LogP contribution in [-0.4, -0.2) is 29.4 Å². The quantitative estimate of drug-likeness (QED) is 0.633. The van der Waals surface area contributed by atoms with Crippen LogP contribution in [0.1, 0.15) is 27.2 Å². The van der Waals surface area contributed by atoms with Crippen molar-refractivity contribution in [2.24, 2.45) is 10.7 Å². The molecule has 0 atom stereocenters. The van der Waals surface area contributed by atoms with Crippen LogP contribution in [0.15, 0.2) is 47.5 Å². The number of nitrogens with zero attached hydrogens (tertiary/aromatic N) is 2. The van der Waals surface area contributed by atoms with Crippen molar-refractivity contribution in [3.05, 3.63) is 75.7 Å². The standard InChI is InChI=1S/C19H16ClFN4O2/c1-27-16-6-5-12(8-14(16)21)10-23-19-17(18(22)26)15(24-25-19)9-11-3-2-4-13(20)7-11/h2-8,10H,9H2,1H3,(H2,22,26)(H,24,25). The highest BCUT2D eigenvalue weighted by molar-refractivity contribution is 6.30. The van der Waals surface area contributed by atoms with E-state index in [4.69, 9.17) is 22.1 Å². The fourth-order valence-electron chi connectivity index (χ4n) is 2.60. The van der Waals surface area contributed by atoms with Gasteiger partial charge in [0.1, 0.15) is 5.56 Å². The minimum atomic E-state index is -0.658. The molecule has 8 heteroatoms. The van der Waals surface area contributed by atoms with Crippen molar-refractivity contribution in [2.75, 3.05) is 7.11 Å². The molecule has 0 unspecified atom stereocenters. The monoisotopic (exact) mass is 386 g/mol. The Morgan fingerprint density at radius 2 is 2.19 bits per heavy atom. The predicted octanol–water partition coefficient (Wildman–Crippen LogP) is 3.65. The van der Waals surface area contributed by atoms with E-state index in [2.05, 4.69) is 15.2 Å². The van der Waals surface area contributed by atoms with Crippen molar-refractivity contribution in [3.8, 4) is 5.75 Å². The Kier molecular flexibility index (Phi) is 5.52. The van der Waals surface area contributed by atoms with Gasteiger partial charge in [0.25, 0.3) is 5.91 Å². The van der Waals surface area contributed by atoms with Crippen molar-refractivity contribution in [1.82, 2.24) is 10.2 Å². The maximum absolute atomic E-state index is 13.8. The lowest BCUT2D eigenvalue weighted by Gasteiger charge is -2.02. The maximum Gasteiger partial charge on any atom is 0.254 e. The van der Waals surface area contributed by atoms with E-state index in [1.807, 2.05) is 12.1 Å². The summed E-state index contributed by atoms with van der Waals surface area (Å²) >= 11 is 5.99. The molecule has 1 aromatic heterocycles. The third kappa shape index (κ3) is 4.32. The van der Waals surface area contributed by atoms with Crippen molar-refractivity contribution in [3.63, 3.8) is 0 Å². The number of ether oxygens (including phenoxy) is 1. The number of H-pyrrole nitrogens is 1. The lowest BCUT2D eigenvalue weighted by Crippen LogP contribution is -2.13. The summed E-state index contributed by atoms with van der Waals surface area (Å²) in [6.45, 7) is 0. The summed E-state index contributed by atoms with van der Waals surface area (Å²) in [5, 5.41) is 7.43.